The van der Waals surface area contributed by atoms with E-state index in [2.05, 4.69) is 9.88 Å². The summed E-state index contributed by atoms with van der Waals surface area (Å²) in [5, 5.41) is 0.595. The van der Waals surface area contributed by atoms with Gasteiger partial charge in [0.05, 0.1) is 17.8 Å². The van der Waals surface area contributed by atoms with Crippen LogP contribution in [0.1, 0.15) is 16.8 Å². The Bertz CT molecular complexity index is 1060. The summed E-state index contributed by atoms with van der Waals surface area (Å²) < 4.78 is 5.21. The first kappa shape index (κ1) is 18.5. The van der Waals surface area contributed by atoms with Crippen molar-refractivity contribution in [2.45, 2.75) is 19.5 Å². The molecule has 2 aromatic carbocycles. The Balaban J connectivity index is 1.58. The number of nitrogens with one attached hydrogen (secondary N) is 1. The highest BCUT2D eigenvalue weighted by Crippen LogP contribution is 2.26. The Kier molecular flexibility index (Phi) is 5.07. The largest absolute Gasteiger partial charge is 0.495 e. The number of methoxy groups -OCH3 is 1. The number of hydrogen-bond acceptors (Lipinski definition) is 5. The molecule has 0 amide bonds. The molecule has 3 N–H and O–H groups in total. The molecule has 0 unspecified atom stereocenters. The van der Waals surface area contributed by atoms with Crippen molar-refractivity contribution in [3.8, 4) is 17.1 Å². The van der Waals surface area contributed by atoms with Crippen LogP contribution < -0.4 is 16.0 Å². The van der Waals surface area contributed by atoms with E-state index in [1.807, 2.05) is 30.3 Å². The number of nitrogen functional groups attached to an aromatic ring is 1. The zero-order valence-corrected chi connectivity index (χ0v) is 16.3. The highest BCUT2D eigenvalue weighted by molar-refractivity contribution is 6.32. The van der Waals surface area contributed by atoms with Gasteiger partial charge in [-0.15, -0.1) is 0 Å². The lowest BCUT2D eigenvalue weighted by atomic mass is 10.0. The summed E-state index contributed by atoms with van der Waals surface area (Å²) in [5.41, 5.74) is 9.88. The van der Waals surface area contributed by atoms with Crippen LogP contribution >= 0.6 is 11.6 Å². The molecule has 0 spiro atoms. The number of nitrogens with two attached hydrogens (primary N) is 1. The van der Waals surface area contributed by atoms with Crippen molar-refractivity contribution >= 4 is 17.3 Å². The van der Waals surface area contributed by atoms with Crippen molar-refractivity contribution < 1.29 is 4.74 Å². The number of halogens is 1. The van der Waals surface area contributed by atoms with Crippen LogP contribution in [0.3, 0.4) is 0 Å². The number of rotatable bonds is 4. The molecule has 2 heterocycles. The van der Waals surface area contributed by atoms with Crippen LogP contribution in [0.2, 0.25) is 5.02 Å². The second-order valence-electron chi connectivity index (χ2n) is 6.89. The first-order valence-electron chi connectivity index (χ1n) is 9.06. The second-order valence-corrected chi connectivity index (χ2v) is 7.30. The summed E-state index contributed by atoms with van der Waals surface area (Å²) >= 11 is 6.24. The van der Waals surface area contributed by atoms with Crippen LogP contribution in [-0.4, -0.2) is 28.5 Å². The number of nitrogens with zero attached hydrogens (tertiary/aromatic N) is 2. The van der Waals surface area contributed by atoms with Gasteiger partial charge in [0.2, 0.25) is 0 Å². The summed E-state index contributed by atoms with van der Waals surface area (Å²) in [6.45, 7) is 2.14. The summed E-state index contributed by atoms with van der Waals surface area (Å²) in [7, 11) is 1.60. The van der Waals surface area contributed by atoms with E-state index >= 15 is 0 Å². The van der Waals surface area contributed by atoms with E-state index in [0.717, 1.165) is 35.5 Å². The standard InChI is InChI=1S/C21H21ClN4O2/c1-28-19-7-2-13(10-17(19)22)11-26-9-8-16-18(12-26)24-20(25-21(16)27)14-3-5-15(23)6-4-14/h2-7,10H,8-9,11-12,23H2,1H3,(H,24,25,27). The van der Waals surface area contributed by atoms with E-state index in [9.17, 15) is 4.79 Å². The predicted molar refractivity (Wildman–Crippen MR) is 111 cm³/mol. The first-order chi connectivity index (χ1) is 13.5. The van der Waals surface area contributed by atoms with Gasteiger partial charge >= 0.3 is 0 Å². The van der Waals surface area contributed by atoms with Gasteiger partial charge in [0.1, 0.15) is 11.6 Å². The second kappa shape index (κ2) is 7.66. The van der Waals surface area contributed by atoms with Crippen LogP contribution in [0.4, 0.5) is 5.69 Å². The SMILES string of the molecule is COc1ccc(CN2CCc3c(nc(-c4ccc(N)cc4)[nH]c3=O)C2)cc1Cl. The third-order valence-electron chi connectivity index (χ3n) is 4.96. The van der Waals surface area contributed by atoms with Gasteiger partial charge in [-0.25, -0.2) is 4.98 Å². The topological polar surface area (TPSA) is 84.2 Å². The van der Waals surface area contributed by atoms with Crippen LogP contribution in [0.15, 0.2) is 47.3 Å². The highest BCUT2D eigenvalue weighted by atomic mass is 35.5. The number of aromatic nitrogens is 2. The zero-order chi connectivity index (χ0) is 19.7. The van der Waals surface area contributed by atoms with Gasteiger partial charge in [0.25, 0.3) is 5.56 Å². The maximum absolute atomic E-state index is 12.5. The summed E-state index contributed by atoms with van der Waals surface area (Å²) in [5.74, 6) is 1.23. The van der Waals surface area contributed by atoms with E-state index in [4.69, 9.17) is 27.1 Å². The molecular weight excluding hydrogens is 376 g/mol. The molecule has 0 fully saturated rings. The summed E-state index contributed by atoms with van der Waals surface area (Å²) in [6, 6.07) is 13.1. The molecule has 6 nitrogen and oxygen atoms in total. The first-order valence-corrected chi connectivity index (χ1v) is 9.44. The minimum Gasteiger partial charge on any atom is -0.495 e. The quantitative estimate of drug-likeness (QED) is 0.661. The predicted octanol–water partition coefficient (Wildman–Crippen LogP) is 3.24. The van der Waals surface area contributed by atoms with Gasteiger partial charge in [-0.3, -0.25) is 9.69 Å². The van der Waals surface area contributed by atoms with Crippen molar-refractivity contribution in [2.24, 2.45) is 0 Å². The number of anilines is 1. The number of H-pyrrole nitrogens is 1. The number of aromatic amines is 1. The fraction of sp³-hybridized carbons (Fsp3) is 0.238. The van der Waals surface area contributed by atoms with Gasteiger partial charge < -0.3 is 15.5 Å². The third-order valence-corrected chi connectivity index (χ3v) is 5.25. The molecule has 1 aliphatic rings. The molecular formula is C21H21ClN4O2. The number of fused-ring (bicyclic) bond motifs is 1. The minimum atomic E-state index is -0.0658. The van der Waals surface area contributed by atoms with Crippen molar-refractivity contribution in [1.29, 1.82) is 0 Å². The number of benzene rings is 2. The smallest absolute Gasteiger partial charge is 0.254 e. The normalized spacial score (nSPS) is 13.9. The molecule has 1 aliphatic heterocycles. The molecule has 7 heteroatoms. The summed E-state index contributed by atoms with van der Waals surface area (Å²) in [4.78, 5) is 22.4. The van der Waals surface area contributed by atoms with Gasteiger partial charge in [-0.2, -0.15) is 0 Å². The fourth-order valence-electron chi connectivity index (χ4n) is 3.47. The maximum Gasteiger partial charge on any atom is 0.254 e. The average molecular weight is 397 g/mol. The van der Waals surface area contributed by atoms with Gasteiger partial charge in [-0.1, -0.05) is 17.7 Å². The summed E-state index contributed by atoms with van der Waals surface area (Å²) in [6.07, 6.45) is 0.670. The molecule has 0 saturated heterocycles. The minimum absolute atomic E-state index is 0.0658. The van der Waals surface area contributed by atoms with E-state index in [1.165, 1.54) is 0 Å². The molecule has 28 heavy (non-hydrogen) atoms. The van der Waals surface area contributed by atoms with Crippen LogP contribution in [0, 0.1) is 0 Å². The Labute approximate surface area is 167 Å². The lowest BCUT2D eigenvalue weighted by Gasteiger charge is -2.28. The van der Waals surface area contributed by atoms with Crippen LogP contribution in [-0.2, 0) is 19.5 Å². The van der Waals surface area contributed by atoms with Crippen molar-refractivity contribution in [3.63, 3.8) is 0 Å². The number of ether oxygens (including phenoxy) is 1. The van der Waals surface area contributed by atoms with Crippen LogP contribution in [0.25, 0.3) is 11.4 Å². The zero-order valence-electron chi connectivity index (χ0n) is 15.5. The fourth-order valence-corrected chi connectivity index (χ4v) is 3.75. The van der Waals surface area contributed by atoms with Crippen molar-refractivity contribution in [3.05, 3.63) is 74.7 Å². The van der Waals surface area contributed by atoms with E-state index in [0.29, 0.717) is 35.2 Å². The lowest BCUT2D eigenvalue weighted by Crippen LogP contribution is -2.35. The molecule has 0 atom stereocenters. The van der Waals surface area contributed by atoms with Crippen molar-refractivity contribution in [1.82, 2.24) is 14.9 Å². The molecule has 4 rings (SSSR count). The van der Waals surface area contributed by atoms with E-state index in [-0.39, 0.29) is 5.56 Å². The van der Waals surface area contributed by atoms with E-state index in [1.54, 1.807) is 19.2 Å². The molecule has 1 aromatic heterocycles. The Morgan fingerprint density at radius 2 is 2.04 bits per heavy atom. The Morgan fingerprint density at radius 3 is 2.75 bits per heavy atom. The maximum atomic E-state index is 12.5. The van der Waals surface area contributed by atoms with Crippen LogP contribution in [0.5, 0.6) is 5.75 Å². The highest BCUT2D eigenvalue weighted by Gasteiger charge is 2.21. The molecule has 0 radical (unpaired) electrons. The van der Waals surface area contributed by atoms with Crippen molar-refractivity contribution in [2.75, 3.05) is 19.4 Å². The molecule has 0 bridgehead atoms. The van der Waals surface area contributed by atoms with E-state index < -0.39 is 0 Å². The molecule has 144 valence electrons. The Morgan fingerprint density at radius 1 is 1.25 bits per heavy atom. The Hall–Kier alpha value is -2.83. The van der Waals surface area contributed by atoms with Gasteiger partial charge in [-0.05, 0) is 48.4 Å². The van der Waals surface area contributed by atoms with Gasteiger partial charge in [0.15, 0.2) is 0 Å². The molecule has 3 aromatic rings. The average Bonchev–Trinajstić information content (AvgIpc) is 2.68. The van der Waals surface area contributed by atoms with Gasteiger partial charge in [0, 0.05) is 36.4 Å². The molecule has 0 aliphatic carbocycles. The monoisotopic (exact) mass is 396 g/mol. The molecule has 0 saturated carbocycles. The third kappa shape index (κ3) is 3.74. The lowest BCUT2D eigenvalue weighted by molar-refractivity contribution is 0.240. The number of hydrogen-bond donors (Lipinski definition) is 2.